The van der Waals surface area contributed by atoms with Gasteiger partial charge in [0.15, 0.2) is 10.5 Å². The molecule has 0 spiro atoms. The molecule has 2 amide bonds. The minimum atomic E-state index is -4.79. The third-order valence-electron chi connectivity index (χ3n) is 4.30. The molecule has 174 valence electrons. The van der Waals surface area contributed by atoms with Crippen molar-refractivity contribution in [3.05, 3.63) is 58.5 Å². The number of carbonyl (C=O) groups is 2. The van der Waals surface area contributed by atoms with E-state index in [0.29, 0.717) is 35.6 Å². The first-order chi connectivity index (χ1) is 15.6. The van der Waals surface area contributed by atoms with Crippen molar-refractivity contribution in [1.29, 1.82) is 0 Å². The Labute approximate surface area is 190 Å². The van der Waals surface area contributed by atoms with Gasteiger partial charge < -0.3 is 19.7 Å². The topological polar surface area (TPSA) is 106 Å². The molecular weight excluding hydrogens is 461 g/mol. The number of ether oxygens (including phenoxy) is 1. The molecule has 0 aliphatic heterocycles. The zero-order chi connectivity index (χ0) is 24.0. The number of carbonyl (C=O) groups excluding carboxylic acids is 2. The maximum Gasteiger partial charge on any atom is 0.573 e. The van der Waals surface area contributed by atoms with Crippen molar-refractivity contribution in [2.45, 2.75) is 26.3 Å². The van der Waals surface area contributed by atoms with Crippen LogP contribution in [0.2, 0.25) is 0 Å². The number of rotatable bonds is 7. The average Bonchev–Trinajstić information content (AvgIpc) is 3.13. The molecule has 8 nitrogen and oxygen atoms in total. The van der Waals surface area contributed by atoms with Gasteiger partial charge in [0.1, 0.15) is 11.5 Å². The summed E-state index contributed by atoms with van der Waals surface area (Å²) in [6.07, 6.45) is -2.93. The van der Waals surface area contributed by atoms with Gasteiger partial charge in [0.05, 0.1) is 5.69 Å². The van der Waals surface area contributed by atoms with Gasteiger partial charge in [-0.15, -0.1) is 24.5 Å². The van der Waals surface area contributed by atoms with Crippen LogP contribution in [0.4, 0.5) is 13.2 Å². The number of benzene rings is 1. The lowest BCUT2D eigenvalue weighted by Crippen LogP contribution is -2.24. The number of pyridine rings is 1. The van der Waals surface area contributed by atoms with Crippen LogP contribution in [0.15, 0.2) is 53.0 Å². The summed E-state index contributed by atoms with van der Waals surface area (Å²) in [4.78, 5) is 31.9. The van der Waals surface area contributed by atoms with Gasteiger partial charge in [-0.2, -0.15) is 4.99 Å². The number of hydrogen-bond donors (Lipinski definition) is 2. The zero-order valence-electron chi connectivity index (χ0n) is 17.3. The van der Waals surface area contributed by atoms with Crippen LogP contribution >= 0.6 is 11.3 Å². The van der Waals surface area contributed by atoms with E-state index in [1.54, 1.807) is 9.95 Å². The lowest BCUT2D eigenvalue weighted by atomic mass is 10.1. The molecule has 0 saturated carbocycles. The second-order valence-electron chi connectivity index (χ2n) is 6.75. The monoisotopic (exact) mass is 480 g/mol. The molecule has 33 heavy (non-hydrogen) atoms. The highest BCUT2D eigenvalue weighted by atomic mass is 32.1. The maximum atomic E-state index is 12.6. The van der Waals surface area contributed by atoms with Crippen LogP contribution < -0.4 is 14.9 Å². The van der Waals surface area contributed by atoms with Crippen molar-refractivity contribution in [2.24, 2.45) is 4.99 Å². The Morgan fingerprint density at radius 1 is 1.24 bits per heavy atom. The van der Waals surface area contributed by atoms with Gasteiger partial charge in [-0.05, 0) is 48.4 Å². The first kappa shape index (κ1) is 24.0. The summed E-state index contributed by atoms with van der Waals surface area (Å²) in [5.41, 5.74) is 0.985. The van der Waals surface area contributed by atoms with Crippen molar-refractivity contribution < 1.29 is 32.6 Å². The number of aromatic hydroxyl groups is 1. The second kappa shape index (κ2) is 10.3. The van der Waals surface area contributed by atoms with E-state index in [4.69, 9.17) is 0 Å². The number of aromatic nitrogens is 2. The third-order valence-corrected chi connectivity index (χ3v) is 5.16. The SMILES string of the molecule is CC(=O)NCCCn1c(-c2ccc(OC(F)(F)F)cc2)csc1=NC(=O)c1ncccc1O. The predicted octanol–water partition coefficient (Wildman–Crippen LogP) is 3.48. The Balaban J connectivity index is 1.95. The van der Waals surface area contributed by atoms with Gasteiger partial charge in [-0.1, -0.05) is 0 Å². The van der Waals surface area contributed by atoms with Gasteiger partial charge in [-0.3, -0.25) is 9.59 Å². The number of thiazole rings is 1. The molecule has 2 heterocycles. The van der Waals surface area contributed by atoms with Crippen LogP contribution in [-0.4, -0.2) is 39.4 Å². The molecule has 12 heteroatoms. The van der Waals surface area contributed by atoms with Crippen molar-refractivity contribution in [1.82, 2.24) is 14.9 Å². The summed E-state index contributed by atoms with van der Waals surface area (Å²) in [6.45, 7) is 2.14. The molecule has 0 bridgehead atoms. The van der Waals surface area contributed by atoms with E-state index < -0.39 is 12.3 Å². The van der Waals surface area contributed by atoms with E-state index in [0.717, 1.165) is 11.3 Å². The molecule has 3 aromatic rings. The van der Waals surface area contributed by atoms with E-state index >= 15 is 0 Å². The van der Waals surface area contributed by atoms with Gasteiger partial charge in [0.25, 0.3) is 0 Å². The molecule has 0 fully saturated rings. The van der Waals surface area contributed by atoms with Crippen LogP contribution in [0.25, 0.3) is 11.3 Å². The summed E-state index contributed by atoms with van der Waals surface area (Å²) in [5.74, 6) is -1.59. The first-order valence-corrected chi connectivity index (χ1v) is 10.5. The lowest BCUT2D eigenvalue weighted by Gasteiger charge is -2.11. The van der Waals surface area contributed by atoms with Crippen LogP contribution in [0.5, 0.6) is 11.5 Å². The summed E-state index contributed by atoms with van der Waals surface area (Å²) < 4.78 is 42.9. The largest absolute Gasteiger partial charge is 0.573 e. The highest BCUT2D eigenvalue weighted by Crippen LogP contribution is 2.27. The molecule has 0 saturated heterocycles. The Morgan fingerprint density at radius 2 is 1.97 bits per heavy atom. The quantitative estimate of drug-likeness (QED) is 0.504. The standard InChI is InChI=1S/C21H19F3N4O4S/c1-13(29)25-10-3-11-28-16(14-5-7-15(8-6-14)32-21(22,23)24)12-33-20(28)27-19(31)18-17(30)4-2-9-26-18/h2,4-9,12,30H,3,10-11H2,1H3,(H,25,29). The zero-order valence-corrected chi connectivity index (χ0v) is 18.1. The van der Waals surface area contributed by atoms with Gasteiger partial charge >= 0.3 is 12.3 Å². The number of hydrogen-bond acceptors (Lipinski definition) is 6. The lowest BCUT2D eigenvalue weighted by molar-refractivity contribution is -0.274. The summed E-state index contributed by atoms with van der Waals surface area (Å²) in [6, 6.07) is 8.10. The third kappa shape index (κ3) is 6.65. The van der Waals surface area contributed by atoms with Gasteiger partial charge in [0, 0.05) is 31.6 Å². The minimum absolute atomic E-state index is 0.184. The highest BCUT2D eigenvalue weighted by molar-refractivity contribution is 7.07. The Bertz CT molecular complexity index is 1200. The molecular formula is C21H19F3N4O4S. The highest BCUT2D eigenvalue weighted by Gasteiger charge is 2.31. The van der Waals surface area contributed by atoms with Crippen LogP contribution in [0.3, 0.4) is 0 Å². The summed E-state index contributed by atoms with van der Waals surface area (Å²) in [7, 11) is 0. The van der Waals surface area contributed by atoms with E-state index in [1.807, 2.05) is 0 Å². The van der Waals surface area contributed by atoms with Crippen LogP contribution in [-0.2, 0) is 11.3 Å². The van der Waals surface area contributed by atoms with Crippen molar-refractivity contribution in [3.63, 3.8) is 0 Å². The summed E-state index contributed by atoms with van der Waals surface area (Å²) in [5, 5.41) is 14.3. The van der Waals surface area contributed by atoms with Gasteiger partial charge in [-0.25, -0.2) is 4.98 Å². The fourth-order valence-electron chi connectivity index (χ4n) is 2.90. The molecule has 2 N–H and O–H groups in total. The molecule has 2 aromatic heterocycles. The molecule has 0 aliphatic rings. The van der Waals surface area contributed by atoms with E-state index in [1.165, 1.54) is 49.5 Å². The van der Waals surface area contributed by atoms with Crippen molar-refractivity contribution >= 4 is 23.2 Å². The predicted molar refractivity (Wildman–Crippen MR) is 114 cm³/mol. The second-order valence-corrected chi connectivity index (χ2v) is 7.59. The normalized spacial score (nSPS) is 11.9. The fraction of sp³-hybridized carbons (Fsp3) is 0.238. The minimum Gasteiger partial charge on any atom is -0.505 e. The van der Waals surface area contributed by atoms with Gasteiger partial charge in [0.2, 0.25) is 5.91 Å². The number of alkyl halides is 3. The van der Waals surface area contributed by atoms with Crippen molar-refractivity contribution in [2.75, 3.05) is 6.54 Å². The molecule has 0 aliphatic carbocycles. The smallest absolute Gasteiger partial charge is 0.505 e. The van der Waals surface area contributed by atoms with Crippen molar-refractivity contribution in [3.8, 4) is 22.8 Å². The van der Waals surface area contributed by atoms with E-state index in [2.05, 4.69) is 20.0 Å². The average molecular weight is 480 g/mol. The molecule has 0 radical (unpaired) electrons. The Hall–Kier alpha value is -3.67. The number of nitrogens with zero attached hydrogens (tertiary/aromatic N) is 3. The van der Waals surface area contributed by atoms with Crippen LogP contribution in [0.1, 0.15) is 23.8 Å². The molecule has 0 atom stereocenters. The Morgan fingerprint density at radius 3 is 2.61 bits per heavy atom. The van der Waals surface area contributed by atoms with E-state index in [-0.39, 0.29) is 23.1 Å². The fourth-order valence-corrected chi connectivity index (χ4v) is 3.83. The molecule has 1 aromatic carbocycles. The Kier molecular flexibility index (Phi) is 7.48. The summed E-state index contributed by atoms with van der Waals surface area (Å²) >= 11 is 1.15. The van der Waals surface area contributed by atoms with Crippen LogP contribution in [0, 0.1) is 0 Å². The molecule has 3 rings (SSSR count). The maximum absolute atomic E-state index is 12.6. The number of nitrogens with one attached hydrogen (secondary N) is 1. The number of halogens is 3. The first-order valence-electron chi connectivity index (χ1n) is 9.66. The molecule has 0 unspecified atom stereocenters. The van der Waals surface area contributed by atoms with E-state index in [9.17, 15) is 27.9 Å². The number of amides is 2.